The van der Waals surface area contributed by atoms with E-state index in [0.29, 0.717) is 58.3 Å². The van der Waals surface area contributed by atoms with E-state index in [4.69, 9.17) is 21.7 Å². The van der Waals surface area contributed by atoms with Crippen molar-refractivity contribution in [3.05, 3.63) is 78.6 Å². The highest BCUT2D eigenvalue weighted by molar-refractivity contribution is 7.99. The van der Waals surface area contributed by atoms with Crippen molar-refractivity contribution in [1.82, 2.24) is 0 Å². The van der Waals surface area contributed by atoms with E-state index < -0.39 is 5.76 Å². The number of pyridine rings is 1. The number of aliphatic hydroxyl groups excluding tert-OH is 1. The first kappa shape index (κ1) is 22.0. The molecule has 0 bridgehead atoms. The SMILES string of the molecule is OC(=C(C(=S)Nc1ccc(SC(F)F)cc1)[n+]1ccccc1)c1ccc2c(c1)OCCO2. The molecular weight excluding hydrogens is 454 g/mol. The van der Waals surface area contributed by atoms with Crippen LogP contribution in [0.25, 0.3) is 11.5 Å². The van der Waals surface area contributed by atoms with Crippen LogP contribution in [0.1, 0.15) is 5.56 Å². The molecule has 2 N–H and O–H groups in total. The number of nitrogens with zero attached hydrogens (tertiary/aromatic N) is 1. The molecule has 2 heterocycles. The lowest BCUT2D eigenvalue weighted by atomic mass is 10.1. The molecule has 0 atom stereocenters. The maximum Gasteiger partial charge on any atom is 0.288 e. The predicted octanol–water partition coefficient (Wildman–Crippen LogP) is 5.38. The zero-order chi connectivity index (χ0) is 22.5. The van der Waals surface area contributed by atoms with Gasteiger partial charge in [-0.2, -0.15) is 13.3 Å². The quantitative estimate of drug-likeness (QED) is 0.165. The Kier molecular flexibility index (Phi) is 6.87. The average Bonchev–Trinajstić information content (AvgIpc) is 2.80. The zero-order valence-electron chi connectivity index (χ0n) is 16.7. The van der Waals surface area contributed by atoms with E-state index in [-0.39, 0.29) is 10.7 Å². The number of ether oxygens (including phenoxy) is 2. The van der Waals surface area contributed by atoms with Crippen LogP contribution in [-0.4, -0.2) is 29.1 Å². The molecule has 164 valence electrons. The van der Waals surface area contributed by atoms with E-state index >= 15 is 0 Å². The summed E-state index contributed by atoms with van der Waals surface area (Å²) in [7, 11) is 0. The van der Waals surface area contributed by atoms with Crippen molar-refractivity contribution in [3.8, 4) is 11.5 Å². The van der Waals surface area contributed by atoms with Gasteiger partial charge in [-0.3, -0.25) is 0 Å². The molecule has 0 spiro atoms. The number of rotatable bonds is 6. The normalized spacial score (nSPS) is 13.5. The van der Waals surface area contributed by atoms with Gasteiger partial charge in [0, 0.05) is 28.3 Å². The number of nitrogens with one attached hydrogen (secondary N) is 1. The van der Waals surface area contributed by atoms with Crippen LogP contribution in [0.5, 0.6) is 11.5 Å². The summed E-state index contributed by atoms with van der Waals surface area (Å²) in [5, 5.41) is 14.2. The molecule has 1 aliphatic heterocycles. The van der Waals surface area contributed by atoms with Gasteiger partial charge in [-0.1, -0.05) is 30.0 Å². The van der Waals surface area contributed by atoms with Gasteiger partial charge in [-0.05, 0) is 42.5 Å². The molecular formula is C23H19F2N2O3S2+. The molecule has 0 amide bonds. The van der Waals surface area contributed by atoms with Crippen LogP contribution in [0.2, 0.25) is 0 Å². The minimum absolute atomic E-state index is 0.0550. The van der Waals surface area contributed by atoms with Gasteiger partial charge in [0.2, 0.25) is 0 Å². The molecule has 32 heavy (non-hydrogen) atoms. The third-order valence-corrected chi connectivity index (χ3v) is 5.58. The van der Waals surface area contributed by atoms with E-state index in [0.717, 1.165) is 0 Å². The first-order valence-corrected chi connectivity index (χ1v) is 11.0. The maximum atomic E-state index is 12.6. The molecule has 0 radical (unpaired) electrons. The summed E-state index contributed by atoms with van der Waals surface area (Å²) in [5.41, 5.74) is 1.47. The summed E-state index contributed by atoms with van der Waals surface area (Å²) < 4.78 is 38.0. The summed E-state index contributed by atoms with van der Waals surface area (Å²) in [6.45, 7) is 0.906. The number of benzene rings is 2. The van der Waals surface area contributed by atoms with Crippen molar-refractivity contribution in [2.24, 2.45) is 0 Å². The number of anilines is 1. The molecule has 4 rings (SSSR count). The Hall–Kier alpha value is -3.17. The standard InChI is InChI=1S/C23H18F2N2O3S2/c24-23(25)32-17-7-5-16(6-8-17)26-22(31)20(27-10-2-1-3-11-27)21(28)15-4-9-18-19(14-15)30-13-12-29-18/h1-11,14,23H,12-13H2,(H-,26,28,31)/p+1. The summed E-state index contributed by atoms with van der Waals surface area (Å²) >= 11 is 6.08. The number of alkyl halides is 2. The lowest BCUT2D eigenvalue weighted by molar-refractivity contribution is -0.575. The highest BCUT2D eigenvalue weighted by Crippen LogP contribution is 2.33. The topological polar surface area (TPSA) is 54.6 Å². The highest BCUT2D eigenvalue weighted by Gasteiger charge is 2.25. The number of halogens is 2. The number of fused-ring (bicyclic) bond motifs is 1. The smallest absolute Gasteiger partial charge is 0.288 e. The number of hydrogen-bond donors (Lipinski definition) is 2. The first-order chi connectivity index (χ1) is 15.5. The van der Waals surface area contributed by atoms with Crippen molar-refractivity contribution in [2.75, 3.05) is 18.5 Å². The summed E-state index contributed by atoms with van der Waals surface area (Å²) in [4.78, 5) is 0.701. The van der Waals surface area contributed by atoms with Gasteiger partial charge in [0.05, 0.1) is 0 Å². The summed E-state index contributed by atoms with van der Waals surface area (Å²) in [6, 6.07) is 17.1. The second-order valence-corrected chi connectivity index (χ2v) is 8.17. The molecule has 0 unspecified atom stereocenters. The monoisotopic (exact) mass is 473 g/mol. The lowest BCUT2D eigenvalue weighted by Crippen LogP contribution is -2.38. The molecule has 2 aromatic carbocycles. The van der Waals surface area contributed by atoms with Gasteiger partial charge >= 0.3 is 0 Å². The van der Waals surface area contributed by atoms with Gasteiger partial charge in [-0.25, -0.2) is 0 Å². The average molecular weight is 474 g/mol. The molecule has 3 aromatic rings. The van der Waals surface area contributed by atoms with Crippen LogP contribution in [0.15, 0.2) is 78.0 Å². The number of thioether (sulfide) groups is 1. The Morgan fingerprint density at radius 2 is 1.69 bits per heavy atom. The molecule has 0 saturated heterocycles. The van der Waals surface area contributed by atoms with E-state index in [2.05, 4.69) is 5.32 Å². The fourth-order valence-corrected chi connectivity index (χ4v) is 3.95. The van der Waals surface area contributed by atoms with Crippen molar-refractivity contribution in [2.45, 2.75) is 10.7 Å². The number of aliphatic hydroxyl groups is 1. The third kappa shape index (κ3) is 5.17. The van der Waals surface area contributed by atoms with Gasteiger partial charge in [0.25, 0.3) is 11.5 Å². The van der Waals surface area contributed by atoms with Gasteiger partial charge in [0.1, 0.15) is 13.2 Å². The largest absolute Gasteiger partial charge is 0.502 e. The van der Waals surface area contributed by atoms with E-state index in [1.54, 1.807) is 59.4 Å². The van der Waals surface area contributed by atoms with E-state index in [1.165, 1.54) is 0 Å². The molecule has 0 aliphatic carbocycles. The van der Waals surface area contributed by atoms with Crippen LogP contribution in [0.4, 0.5) is 14.5 Å². The van der Waals surface area contributed by atoms with Gasteiger partial charge in [-0.15, -0.1) is 0 Å². The summed E-state index contributed by atoms with van der Waals surface area (Å²) in [6.07, 6.45) is 3.53. The minimum Gasteiger partial charge on any atom is -0.502 e. The number of aromatic nitrogens is 1. The third-order valence-electron chi connectivity index (χ3n) is 4.57. The Bertz CT molecular complexity index is 1140. The minimum atomic E-state index is -2.48. The number of hydrogen-bond acceptors (Lipinski definition) is 5. The van der Waals surface area contributed by atoms with Crippen LogP contribution in [-0.2, 0) is 0 Å². The molecule has 9 heteroatoms. The van der Waals surface area contributed by atoms with Crippen molar-refractivity contribution >= 4 is 46.1 Å². The highest BCUT2D eigenvalue weighted by atomic mass is 32.2. The van der Waals surface area contributed by atoms with Crippen molar-refractivity contribution < 1.29 is 27.9 Å². The molecule has 1 aliphatic rings. The van der Waals surface area contributed by atoms with Crippen LogP contribution >= 0.6 is 24.0 Å². The van der Waals surface area contributed by atoms with Crippen molar-refractivity contribution in [1.29, 1.82) is 0 Å². The van der Waals surface area contributed by atoms with Crippen LogP contribution < -0.4 is 19.4 Å². The van der Waals surface area contributed by atoms with E-state index in [9.17, 15) is 13.9 Å². The Labute approximate surface area is 193 Å². The molecule has 0 saturated carbocycles. The molecule has 5 nitrogen and oxygen atoms in total. The zero-order valence-corrected chi connectivity index (χ0v) is 18.3. The molecule has 1 aromatic heterocycles. The van der Waals surface area contributed by atoms with Crippen LogP contribution in [0, 0.1) is 0 Å². The fourth-order valence-electron chi connectivity index (χ4n) is 3.13. The maximum absolute atomic E-state index is 12.6. The van der Waals surface area contributed by atoms with Crippen LogP contribution in [0.3, 0.4) is 0 Å². The lowest BCUT2D eigenvalue weighted by Gasteiger charge is -2.19. The fraction of sp³-hybridized carbons (Fsp3) is 0.130. The second-order valence-electron chi connectivity index (χ2n) is 6.70. The first-order valence-electron chi connectivity index (χ1n) is 9.67. The van der Waals surface area contributed by atoms with Gasteiger partial charge < -0.3 is 19.9 Å². The Balaban J connectivity index is 1.67. The van der Waals surface area contributed by atoms with Gasteiger partial charge in [0.15, 0.2) is 34.6 Å². The Morgan fingerprint density at radius 3 is 2.38 bits per heavy atom. The second kappa shape index (κ2) is 9.97. The number of thiocarbonyl (C=S) groups is 1. The predicted molar refractivity (Wildman–Crippen MR) is 124 cm³/mol. The van der Waals surface area contributed by atoms with Crippen molar-refractivity contribution in [3.63, 3.8) is 0 Å². The summed E-state index contributed by atoms with van der Waals surface area (Å²) in [5.74, 6) is -1.38. The van der Waals surface area contributed by atoms with E-state index in [1.807, 2.05) is 18.2 Å². The Morgan fingerprint density at radius 1 is 1.00 bits per heavy atom. The molecule has 0 fully saturated rings.